The fourth-order valence-electron chi connectivity index (χ4n) is 11.4. The molecule has 2 aromatic heterocycles. The molecule has 2 atom stereocenters. The minimum atomic E-state index is -5.02. The van der Waals surface area contributed by atoms with Gasteiger partial charge in [-0.1, -0.05) is 32.0 Å². The highest BCUT2D eigenvalue weighted by Crippen LogP contribution is 2.51. The SMILES string of the molecule is Cc1c(F)cc2nc3c(c4c2c1CCC4NC(=O)OC1CC2(C1)CN(Cc1ccc4c(c1)CN(C(=O)c1cc(C(C)C)c(O)cc1OP(=O)(O)O)C4)C2)Cn1c-3cc2c(c1=O)COC(=O)C2O. The maximum absolute atomic E-state index is 15.3. The number of carbonyl (C=O) groups is 3. The number of alkyl carbamates (subject to hydrolysis) is 1. The van der Waals surface area contributed by atoms with E-state index >= 15 is 4.39 Å². The molecule has 2 unspecified atom stereocenters. The van der Waals surface area contributed by atoms with Gasteiger partial charge in [-0.05, 0) is 89.6 Å². The summed E-state index contributed by atoms with van der Waals surface area (Å²) in [5, 5.41) is 24.9. The molecule has 5 aromatic rings. The number of aliphatic hydroxyl groups excluding tert-OH is 1. The highest BCUT2D eigenvalue weighted by Gasteiger charge is 2.54. The fourth-order valence-corrected chi connectivity index (χ4v) is 11.8. The van der Waals surface area contributed by atoms with Crippen molar-refractivity contribution in [1.82, 2.24) is 24.7 Å². The molecular formula is C48H47FN5O12P. The second-order valence-corrected chi connectivity index (χ2v) is 20.5. The first-order valence-corrected chi connectivity index (χ1v) is 23.8. The summed E-state index contributed by atoms with van der Waals surface area (Å²) in [6.07, 6.45) is -0.0758. The monoisotopic (exact) mass is 935 g/mol. The van der Waals surface area contributed by atoms with Gasteiger partial charge in [0.05, 0.1) is 40.6 Å². The number of esters is 1. The van der Waals surface area contributed by atoms with E-state index in [-0.39, 0.29) is 58.8 Å². The van der Waals surface area contributed by atoms with E-state index in [1.807, 2.05) is 26.0 Å². The summed E-state index contributed by atoms with van der Waals surface area (Å²) in [4.78, 5) is 81.2. The molecule has 2 aliphatic carbocycles. The first kappa shape index (κ1) is 43.4. The van der Waals surface area contributed by atoms with Crippen LogP contribution in [0.2, 0.25) is 0 Å². The van der Waals surface area contributed by atoms with Crippen LogP contribution in [0.15, 0.2) is 47.3 Å². The third-order valence-corrected chi connectivity index (χ3v) is 15.0. The van der Waals surface area contributed by atoms with E-state index in [1.54, 1.807) is 17.9 Å². The summed E-state index contributed by atoms with van der Waals surface area (Å²) in [6, 6.07) is 11.0. The number of rotatable bonds is 8. The lowest BCUT2D eigenvalue weighted by atomic mass is 9.61. The number of likely N-dealkylation sites (tertiary alicyclic amines) is 1. The number of pyridine rings is 2. The van der Waals surface area contributed by atoms with E-state index in [0.717, 1.165) is 52.4 Å². The van der Waals surface area contributed by atoms with Crippen LogP contribution in [0.4, 0.5) is 9.18 Å². The molecule has 0 radical (unpaired) electrons. The number of aliphatic hydroxyl groups is 1. The van der Waals surface area contributed by atoms with E-state index in [2.05, 4.69) is 16.3 Å². The molecule has 17 nitrogen and oxygen atoms in total. The molecule has 2 amide bonds. The number of benzene rings is 3. The molecule has 11 rings (SSSR count). The first-order chi connectivity index (χ1) is 31.8. The number of fused-ring (bicyclic) bond motifs is 6. The summed E-state index contributed by atoms with van der Waals surface area (Å²) in [5.74, 6) is -2.50. The van der Waals surface area contributed by atoms with Gasteiger partial charge in [0.2, 0.25) is 0 Å². The lowest BCUT2D eigenvalue weighted by Crippen LogP contribution is -2.63. The van der Waals surface area contributed by atoms with Crippen molar-refractivity contribution in [2.45, 2.75) is 103 Å². The standard InChI is InChI=1S/C48H47FN5O12P/c1-22(2)29-9-31(39(12-38(29)55)66-67(61,62)63)44(57)53-16-25-5-4-24(8-26(25)17-53)15-52-20-48(21-52)13-27(14-48)65-47(60)51-35-7-6-28-23(3)34(49)11-36-40(28)41(35)32-18-54-37(42(32)50-36)10-30-33(45(54)58)19-64-46(59)43(30)56/h4-5,8-12,22,27,35,43,55-56H,6-7,13-21H2,1-3H3,(H,51,60)(H2,61,62,63). The van der Waals surface area contributed by atoms with Crippen molar-refractivity contribution in [2.75, 3.05) is 13.1 Å². The van der Waals surface area contributed by atoms with Crippen LogP contribution in [0.25, 0.3) is 22.3 Å². The van der Waals surface area contributed by atoms with Crippen molar-refractivity contribution in [3.05, 3.63) is 120 Å². The van der Waals surface area contributed by atoms with Crippen molar-refractivity contribution < 1.29 is 57.3 Å². The molecule has 5 N–H and O–H groups in total. The van der Waals surface area contributed by atoms with Crippen molar-refractivity contribution in [1.29, 1.82) is 0 Å². The third kappa shape index (κ3) is 7.28. The minimum absolute atomic E-state index is 0.0294. The molecule has 1 spiro atoms. The van der Waals surface area contributed by atoms with E-state index < -0.39 is 49.3 Å². The Labute approximate surface area is 382 Å². The van der Waals surface area contributed by atoms with E-state index in [1.165, 1.54) is 16.7 Å². The zero-order valence-corrected chi connectivity index (χ0v) is 37.7. The smallest absolute Gasteiger partial charge is 0.508 e. The highest BCUT2D eigenvalue weighted by atomic mass is 31.2. The van der Waals surface area contributed by atoms with Crippen molar-refractivity contribution in [2.24, 2.45) is 5.41 Å². The van der Waals surface area contributed by atoms with Crippen LogP contribution in [0, 0.1) is 18.2 Å². The van der Waals surface area contributed by atoms with E-state index in [9.17, 15) is 43.7 Å². The lowest BCUT2D eigenvalue weighted by molar-refractivity contribution is -0.157. The van der Waals surface area contributed by atoms with E-state index in [0.29, 0.717) is 78.9 Å². The lowest BCUT2D eigenvalue weighted by Gasteiger charge is -2.58. The van der Waals surface area contributed by atoms with Gasteiger partial charge in [-0.15, -0.1) is 0 Å². The van der Waals surface area contributed by atoms with Gasteiger partial charge in [0.1, 0.15) is 30.0 Å². The summed E-state index contributed by atoms with van der Waals surface area (Å²) < 4.78 is 44.5. The van der Waals surface area contributed by atoms with E-state index in [4.69, 9.17) is 19.0 Å². The molecule has 348 valence electrons. The van der Waals surface area contributed by atoms with Gasteiger partial charge < -0.3 is 39.0 Å². The van der Waals surface area contributed by atoms with Crippen LogP contribution in [-0.4, -0.2) is 76.5 Å². The highest BCUT2D eigenvalue weighted by molar-refractivity contribution is 7.46. The zero-order valence-electron chi connectivity index (χ0n) is 36.8. The van der Waals surface area contributed by atoms with Crippen LogP contribution < -0.4 is 15.4 Å². The largest absolute Gasteiger partial charge is 0.524 e. The number of hydrogen-bond donors (Lipinski definition) is 5. The molecular weight excluding hydrogens is 889 g/mol. The average molecular weight is 936 g/mol. The molecule has 3 aromatic carbocycles. The van der Waals surface area contributed by atoms with Gasteiger partial charge in [0.15, 0.2) is 6.10 Å². The van der Waals surface area contributed by atoms with Gasteiger partial charge in [0.25, 0.3) is 11.5 Å². The number of carbonyl (C=O) groups excluding carboxylic acids is 3. The average Bonchev–Trinajstić information content (AvgIpc) is 3.84. The Balaban J connectivity index is 0.734. The van der Waals surface area contributed by atoms with Crippen LogP contribution in [0.5, 0.6) is 11.5 Å². The van der Waals surface area contributed by atoms with Gasteiger partial charge in [-0.2, -0.15) is 0 Å². The molecule has 6 aliphatic rings. The second-order valence-electron chi connectivity index (χ2n) is 19.3. The summed E-state index contributed by atoms with van der Waals surface area (Å²) in [5.41, 5.74) is 7.33. The van der Waals surface area contributed by atoms with Gasteiger partial charge >= 0.3 is 19.9 Å². The quantitative estimate of drug-likeness (QED) is 0.0898. The maximum atomic E-state index is 15.3. The normalized spacial score (nSPS) is 20.2. The number of halogens is 1. The van der Waals surface area contributed by atoms with Crippen LogP contribution >= 0.6 is 7.82 Å². The van der Waals surface area contributed by atoms with Crippen molar-refractivity contribution in [3.8, 4) is 22.9 Å². The zero-order chi connectivity index (χ0) is 47.0. The van der Waals surface area contributed by atoms with Gasteiger partial charge in [-0.3, -0.25) is 24.3 Å². The molecule has 2 fully saturated rings. The maximum Gasteiger partial charge on any atom is 0.524 e. The molecule has 6 heterocycles. The third-order valence-electron chi connectivity index (χ3n) is 14.5. The number of aromatic hydroxyl groups is 1. The number of aryl methyl sites for hydroxylation is 1. The molecule has 19 heteroatoms. The Morgan fingerprint density at radius 2 is 1.79 bits per heavy atom. The second kappa shape index (κ2) is 15.4. The number of phenolic OH excluding ortho intramolecular Hbond substituents is 1. The number of phosphoric acid groups is 1. The summed E-state index contributed by atoms with van der Waals surface area (Å²) >= 11 is 0. The Kier molecular flexibility index (Phi) is 10.00. The summed E-state index contributed by atoms with van der Waals surface area (Å²) in [7, 11) is -5.02. The number of nitrogens with zero attached hydrogens (tertiary/aromatic N) is 4. The number of hydrogen-bond acceptors (Lipinski definition) is 12. The number of phosphoric ester groups is 1. The molecule has 0 bridgehead atoms. The Morgan fingerprint density at radius 1 is 1.03 bits per heavy atom. The fraction of sp³-hybridized carbons (Fsp3) is 0.396. The topological polar surface area (TPSA) is 230 Å². The first-order valence-electron chi connectivity index (χ1n) is 22.3. The Morgan fingerprint density at radius 3 is 2.54 bits per heavy atom. The predicted molar refractivity (Wildman–Crippen MR) is 236 cm³/mol. The van der Waals surface area contributed by atoms with Gasteiger partial charge in [-0.25, -0.2) is 23.5 Å². The molecule has 4 aliphatic heterocycles. The number of ether oxygens (including phenoxy) is 2. The molecule has 1 saturated carbocycles. The number of phenols is 1. The number of cyclic esters (lactones) is 1. The van der Waals surface area contributed by atoms with Crippen LogP contribution in [0.3, 0.4) is 0 Å². The molecule has 1 saturated heterocycles. The number of aromatic nitrogens is 2. The van der Waals surface area contributed by atoms with Crippen molar-refractivity contribution in [3.63, 3.8) is 0 Å². The molecule has 67 heavy (non-hydrogen) atoms. The summed E-state index contributed by atoms with van der Waals surface area (Å²) in [6.45, 7) is 8.20. The number of amides is 2. The minimum Gasteiger partial charge on any atom is -0.508 e. The Bertz CT molecular complexity index is 3130. The van der Waals surface area contributed by atoms with Gasteiger partial charge in [0, 0.05) is 66.8 Å². The number of nitrogens with one attached hydrogen (secondary N) is 1. The van der Waals surface area contributed by atoms with Crippen molar-refractivity contribution >= 4 is 36.7 Å². The van der Waals surface area contributed by atoms with Crippen LogP contribution in [0.1, 0.15) is 117 Å². The van der Waals surface area contributed by atoms with Crippen LogP contribution in [-0.2, 0) is 58.0 Å². The Hall–Kier alpha value is -6.17. The predicted octanol–water partition coefficient (Wildman–Crippen LogP) is 5.80.